The topological polar surface area (TPSA) is 122 Å². The number of aryl methyl sites for hydroxylation is 1. The van der Waals surface area contributed by atoms with Crippen molar-refractivity contribution in [1.82, 2.24) is 10.2 Å². The lowest BCUT2D eigenvalue weighted by molar-refractivity contribution is -0.151. The van der Waals surface area contributed by atoms with Gasteiger partial charge in [-0.25, -0.2) is 4.79 Å². The van der Waals surface area contributed by atoms with E-state index >= 15 is 0 Å². The van der Waals surface area contributed by atoms with Gasteiger partial charge in [0.1, 0.15) is 12.1 Å². The number of likely N-dealkylation sites (tertiary alicyclic amines) is 1. The zero-order valence-electron chi connectivity index (χ0n) is 26.1. The minimum Gasteiger partial charge on any atom is -0.480 e. The van der Waals surface area contributed by atoms with Crippen molar-refractivity contribution in [3.8, 4) is 0 Å². The number of carboxylic acid groups (broad SMARTS) is 1. The smallest absolute Gasteiger partial charge is 0.326 e. The van der Waals surface area contributed by atoms with Crippen LogP contribution in [-0.4, -0.2) is 64.2 Å². The summed E-state index contributed by atoms with van der Waals surface area (Å²) >= 11 is 0. The molecule has 1 amide bonds. The minimum atomic E-state index is -0.941. The van der Waals surface area contributed by atoms with Gasteiger partial charge in [-0.15, -0.1) is 0 Å². The number of carbonyl (C=O) groups excluding carboxylic acids is 2. The van der Waals surface area contributed by atoms with Crippen LogP contribution in [0.5, 0.6) is 0 Å². The van der Waals surface area contributed by atoms with Gasteiger partial charge in [0.05, 0.1) is 12.6 Å². The summed E-state index contributed by atoms with van der Waals surface area (Å²) in [6.07, 6.45) is 11.2. The SMILES string of the molecule is CC(C)(C)N.CCCCCCCCOC(=O)C(CCc1ccccc1)NC(C)C(=O)N1[C@H](C(=O)O)C[C@@H]2CCC[C@@H]21. The molecule has 4 N–H and O–H groups in total. The van der Waals surface area contributed by atoms with E-state index in [-0.39, 0.29) is 29.4 Å². The van der Waals surface area contributed by atoms with E-state index in [1.807, 2.05) is 51.1 Å². The van der Waals surface area contributed by atoms with Gasteiger partial charge in [0.15, 0.2) is 0 Å². The number of carboxylic acids is 1. The lowest BCUT2D eigenvalue weighted by Crippen LogP contribution is -2.55. The summed E-state index contributed by atoms with van der Waals surface area (Å²) in [4.78, 5) is 40.0. The molecule has 2 aliphatic rings. The molecular formula is C33H55N3O5. The zero-order valence-corrected chi connectivity index (χ0v) is 26.1. The average Bonchev–Trinajstić information content (AvgIpc) is 3.51. The maximum absolute atomic E-state index is 13.5. The Kier molecular flexibility index (Phi) is 14.8. The molecule has 8 nitrogen and oxygen atoms in total. The second kappa shape index (κ2) is 17.5. The first-order valence-corrected chi connectivity index (χ1v) is 15.7. The van der Waals surface area contributed by atoms with Crippen molar-refractivity contribution in [1.29, 1.82) is 0 Å². The number of amides is 1. The van der Waals surface area contributed by atoms with E-state index in [0.717, 1.165) is 44.1 Å². The molecule has 5 atom stereocenters. The molecule has 1 heterocycles. The Labute approximate surface area is 247 Å². The Balaban J connectivity index is 0.00000108. The van der Waals surface area contributed by atoms with Crippen LogP contribution in [0.4, 0.5) is 0 Å². The highest BCUT2D eigenvalue weighted by atomic mass is 16.5. The number of carbonyl (C=O) groups is 3. The van der Waals surface area contributed by atoms with Gasteiger partial charge in [0, 0.05) is 11.6 Å². The van der Waals surface area contributed by atoms with Crippen molar-refractivity contribution in [3.63, 3.8) is 0 Å². The first-order valence-electron chi connectivity index (χ1n) is 15.7. The Morgan fingerprint density at radius 3 is 2.34 bits per heavy atom. The summed E-state index contributed by atoms with van der Waals surface area (Å²) in [5, 5.41) is 13.0. The van der Waals surface area contributed by atoms with E-state index in [1.165, 1.54) is 19.3 Å². The molecule has 0 bridgehead atoms. The molecule has 1 aromatic carbocycles. The lowest BCUT2D eigenvalue weighted by Gasteiger charge is -2.32. The molecule has 2 fully saturated rings. The summed E-state index contributed by atoms with van der Waals surface area (Å²) < 4.78 is 5.61. The number of fused-ring (bicyclic) bond motifs is 1. The standard InChI is InChI=1S/C29H44N2O5.C4H11N/c1-3-4-5-6-7-11-19-36-29(35)24(18-17-22-13-9-8-10-14-22)30-21(2)27(32)31-25-16-12-15-23(25)20-26(31)28(33)34;1-4(2,3)5/h8-10,13-14,21,23-26,30H,3-7,11-12,15-20H2,1-2H3,(H,33,34);5H2,1-3H3/t21?,23-,24?,25-,26-;/m0./s1. The van der Waals surface area contributed by atoms with Gasteiger partial charge >= 0.3 is 11.9 Å². The highest BCUT2D eigenvalue weighted by Crippen LogP contribution is 2.41. The predicted octanol–water partition coefficient (Wildman–Crippen LogP) is 5.47. The molecule has 8 heteroatoms. The van der Waals surface area contributed by atoms with Gasteiger partial charge in [0.2, 0.25) is 5.91 Å². The van der Waals surface area contributed by atoms with E-state index in [0.29, 0.717) is 25.9 Å². The molecule has 0 spiro atoms. The van der Waals surface area contributed by atoms with Crippen molar-refractivity contribution in [3.05, 3.63) is 35.9 Å². The van der Waals surface area contributed by atoms with Crippen LogP contribution >= 0.6 is 0 Å². The normalized spacial score (nSPS) is 21.4. The number of aliphatic carboxylic acids is 1. The van der Waals surface area contributed by atoms with Crippen LogP contribution in [0.15, 0.2) is 30.3 Å². The fourth-order valence-electron chi connectivity index (χ4n) is 5.80. The van der Waals surface area contributed by atoms with Crippen LogP contribution in [-0.2, 0) is 25.5 Å². The molecule has 1 aliphatic heterocycles. The van der Waals surface area contributed by atoms with Gasteiger partial charge in [0.25, 0.3) is 0 Å². The number of benzene rings is 1. The molecule has 41 heavy (non-hydrogen) atoms. The van der Waals surface area contributed by atoms with Crippen molar-refractivity contribution >= 4 is 17.8 Å². The second-order valence-corrected chi connectivity index (χ2v) is 12.9. The molecule has 0 radical (unpaired) electrons. The Bertz CT molecular complexity index is 927. The largest absolute Gasteiger partial charge is 0.480 e. The summed E-state index contributed by atoms with van der Waals surface area (Å²) in [5.41, 5.74) is 6.47. The predicted molar refractivity (Wildman–Crippen MR) is 163 cm³/mol. The van der Waals surface area contributed by atoms with E-state index in [1.54, 1.807) is 11.8 Å². The highest BCUT2D eigenvalue weighted by Gasteiger charge is 2.49. The van der Waals surface area contributed by atoms with Crippen molar-refractivity contribution in [2.75, 3.05) is 6.61 Å². The van der Waals surface area contributed by atoms with Crippen LogP contribution in [0, 0.1) is 5.92 Å². The van der Waals surface area contributed by atoms with Crippen LogP contribution in [0.3, 0.4) is 0 Å². The Morgan fingerprint density at radius 2 is 1.71 bits per heavy atom. The summed E-state index contributed by atoms with van der Waals surface area (Å²) in [6, 6.07) is 7.86. The van der Waals surface area contributed by atoms with Crippen molar-refractivity contribution < 1.29 is 24.2 Å². The molecule has 1 saturated heterocycles. The lowest BCUT2D eigenvalue weighted by atomic mass is 10.0. The van der Waals surface area contributed by atoms with Crippen molar-refractivity contribution in [2.45, 2.75) is 141 Å². The van der Waals surface area contributed by atoms with Crippen LogP contribution in [0.1, 0.15) is 111 Å². The van der Waals surface area contributed by atoms with Gasteiger partial charge in [-0.05, 0) is 77.7 Å². The number of nitrogens with two attached hydrogens (primary N) is 1. The third-order valence-corrected chi connectivity index (χ3v) is 7.79. The van der Waals surface area contributed by atoms with E-state index in [9.17, 15) is 19.5 Å². The number of hydrogen-bond donors (Lipinski definition) is 3. The fraction of sp³-hybridized carbons (Fsp3) is 0.727. The molecule has 0 aromatic heterocycles. The molecule has 3 rings (SSSR count). The number of ether oxygens (including phenoxy) is 1. The van der Waals surface area contributed by atoms with Crippen LogP contribution in [0.25, 0.3) is 0 Å². The van der Waals surface area contributed by atoms with E-state index < -0.39 is 24.1 Å². The third kappa shape index (κ3) is 12.5. The minimum absolute atomic E-state index is 0. The third-order valence-electron chi connectivity index (χ3n) is 7.79. The number of hydrogen-bond acceptors (Lipinski definition) is 6. The van der Waals surface area contributed by atoms with Gasteiger partial charge in [-0.2, -0.15) is 0 Å². The molecular weight excluding hydrogens is 518 g/mol. The Hall–Kier alpha value is -2.45. The van der Waals surface area contributed by atoms with E-state index in [4.69, 9.17) is 10.5 Å². The number of rotatable bonds is 15. The quantitative estimate of drug-likeness (QED) is 0.188. The zero-order chi connectivity index (χ0) is 30.4. The second-order valence-electron chi connectivity index (χ2n) is 12.9. The van der Waals surface area contributed by atoms with E-state index in [2.05, 4.69) is 12.2 Å². The molecule has 1 aliphatic carbocycles. The highest BCUT2D eigenvalue weighted by molar-refractivity contribution is 5.88. The van der Waals surface area contributed by atoms with Crippen LogP contribution in [0.2, 0.25) is 0 Å². The van der Waals surface area contributed by atoms with Crippen molar-refractivity contribution in [2.24, 2.45) is 11.7 Å². The summed E-state index contributed by atoms with van der Waals surface area (Å²) in [6.45, 7) is 10.2. The molecule has 1 saturated carbocycles. The number of nitrogens with one attached hydrogen (secondary N) is 1. The molecule has 1 aromatic rings. The van der Waals surface area contributed by atoms with Crippen LogP contribution < -0.4 is 11.1 Å². The van der Waals surface area contributed by atoms with Gasteiger partial charge < -0.3 is 20.5 Å². The average molecular weight is 574 g/mol. The number of nitrogens with zero attached hydrogens (tertiary/aromatic N) is 1. The maximum atomic E-state index is 13.5. The van der Waals surface area contributed by atoms with Gasteiger partial charge in [-0.1, -0.05) is 75.8 Å². The maximum Gasteiger partial charge on any atom is 0.326 e. The molecule has 232 valence electrons. The summed E-state index contributed by atoms with van der Waals surface area (Å²) in [7, 11) is 0. The Morgan fingerprint density at radius 1 is 1.07 bits per heavy atom. The molecule has 2 unspecified atom stereocenters. The monoisotopic (exact) mass is 573 g/mol. The van der Waals surface area contributed by atoms with Gasteiger partial charge in [-0.3, -0.25) is 14.9 Å². The first-order chi connectivity index (χ1) is 19.4. The number of esters is 1. The summed E-state index contributed by atoms with van der Waals surface area (Å²) in [5.74, 6) is -1.25. The fourth-order valence-corrected chi connectivity index (χ4v) is 5.80. The first kappa shape index (κ1) is 34.7. The number of unbranched alkanes of at least 4 members (excludes halogenated alkanes) is 5.